The van der Waals surface area contributed by atoms with Gasteiger partial charge in [0.15, 0.2) is 6.10 Å². The number of anilines is 1. The first-order valence-electron chi connectivity index (χ1n) is 6.56. The molecule has 0 radical (unpaired) electrons. The summed E-state index contributed by atoms with van der Waals surface area (Å²) in [4.78, 5) is 23.2. The summed E-state index contributed by atoms with van der Waals surface area (Å²) < 4.78 is 5.46. The van der Waals surface area contributed by atoms with Crippen molar-refractivity contribution in [3.05, 3.63) is 54.1 Å². The van der Waals surface area contributed by atoms with Gasteiger partial charge in [0.1, 0.15) is 11.5 Å². The fourth-order valence-corrected chi connectivity index (χ4v) is 1.81. The summed E-state index contributed by atoms with van der Waals surface area (Å²) >= 11 is 0. The Morgan fingerprint density at radius 1 is 1.14 bits per heavy atom. The Hall–Kier alpha value is -3.02. The highest BCUT2D eigenvalue weighted by Crippen LogP contribution is 2.22. The SMILES string of the molecule is CC(Oc1ccccc1)C(=O)Nc1ccc(O)cc1C(=O)O. The normalized spacial score (nSPS) is 11.5. The number of rotatable bonds is 5. The van der Waals surface area contributed by atoms with Crippen molar-refractivity contribution in [3.8, 4) is 11.5 Å². The minimum absolute atomic E-state index is 0.0961. The summed E-state index contributed by atoms with van der Waals surface area (Å²) in [5.74, 6) is -1.39. The third-order valence-corrected chi connectivity index (χ3v) is 2.92. The second kappa shape index (κ2) is 6.62. The van der Waals surface area contributed by atoms with E-state index in [1.54, 1.807) is 31.2 Å². The Bertz CT molecular complexity index is 684. The molecule has 0 spiro atoms. The largest absolute Gasteiger partial charge is 0.508 e. The smallest absolute Gasteiger partial charge is 0.337 e. The van der Waals surface area contributed by atoms with E-state index in [2.05, 4.69) is 5.32 Å². The first kappa shape index (κ1) is 15.4. The third-order valence-electron chi connectivity index (χ3n) is 2.92. The van der Waals surface area contributed by atoms with Crippen LogP contribution < -0.4 is 10.1 Å². The van der Waals surface area contributed by atoms with E-state index in [9.17, 15) is 14.7 Å². The summed E-state index contributed by atoms with van der Waals surface area (Å²) in [5.41, 5.74) is -0.0981. The predicted octanol–water partition coefficient (Wildman–Crippen LogP) is 2.50. The van der Waals surface area contributed by atoms with Crippen molar-refractivity contribution < 1.29 is 24.5 Å². The molecule has 6 heteroatoms. The van der Waals surface area contributed by atoms with Crippen molar-refractivity contribution in [2.75, 3.05) is 5.32 Å². The fourth-order valence-electron chi connectivity index (χ4n) is 1.81. The van der Waals surface area contributed by atoms with Gasteiger partial charge in [0.25, 0.3) is 5.91 Å². The van der Waals surface area contributed by atoms with Crippen LogP contribution in [0, 0.1) is 0 Å². The van der Waals surface area contributed by atoms with Crippen LogP contribution in [-0.4, -0.2) is 28.2 Å². The van der Waals surface area contributed by atoms with E-state index in [-0.39, 0.29) is 17.0 Å². The van der Waals surface area contributed by atoms with E-state index in [0.717, 1.165) is 6.07 Å². The number of amides is 1. The van der Waals surface area contributed by atoms with Crippen molar-refractivity contribution >= 4 is 17.6 Å². The number of ether oxygens (including phenoxy) is 1. The Balaban J connectivity index is 2.10. The van der Waals surface area contributed by atoms with Gasteiger partial charge in [-0.05, 0) is 37.3 Å². The number of carboxylic acid groups (broad SMARTS) is 1. The van der Waals surface area contributed by atoms with Crippen molar-refractivity contribution in [2.24, 2.45) is 0 Å². The first-order chi connectivity index (χ1) is 10.5. The van der Waals surface area contributed by atoms with E-state index >= 15 is 0 Å². The molecule has 0 saturated heterocycles. The monoisotopic (exact) mass is 301 g/mol. The maximum Gasteiger partial charge on any atom is 0.337 e. The van der Waals surface area contributed by atoms with Crippen LogP contribution in [0.5, 0.6) is 11.5 Å². The number of carboxylic acids is 1. The van der Waals surface area contributed by atoms with Crippen LogP contribution in [0.1, 0.15) is 17.3 Å². The van der Waals surface area contributed by atoms with Gasteiger partial charge in [-0.15, -0.1) is 0 Å². The first-order valence-corrected chi connectivity index (χ1v) is 6.56. The molecule has 1 amide bonds. The number of phenols is 1. The zero-order valence-electron chi connectivity index (χ0n) is 11.8. The van der Waals surface area contributed by atoms with Crippen LogP contribution in [0.25, 0.3) is 0 Å². The number of carbonyl (C=O) groups is 2. The number of para-hydroxylation sites is 1. The molecule has 2 aromatic carbocycles. The molecule has 22 heavy (non-hydrogen) atoms. The van der Waals surface area contributed by atoms with Gasteiger partial charge < -0.3 is 20.3 Å². The van der Waals surface area contributed by atoms with Gasteiger partial charge in [-0.2, -0.15) is 0 Å². The van der Waals surface area contributed by atoms with Gasteiger partial charge >= 0.3 is 5.97 Å². The molecule has 1 atom stereocenters. The van der Waals surface area contributed by atoms with Crippen molar-refractivity contribution in [2.45, 2.75) is 13.0 Å². The molecular weight excluding hydrogens is 286 g/mol. The van der Waals surface area contributed by atoms with Gasteiger partial charge in [-0.3, -0.25) is 4.79 Å². The number of nitrogens with one attached hydrogen (secondary N) is 1. The molecule has 2 aromatic rings. The van der Waals surface area contributed by atoms with Crippen LogP contribution >= 0.6 is 0 Å². The van der Waals surface area contributed by atoms with E-state index in [4.69, 9.17) is 9.84 Å². The Kier molecular flexibility index (Phi) is 4.63. The minimum atomic E-state index is -1.25. The maximum atomic E-state index is 12.1. The van der Waals surface area contributed by atoms with Crippen LogP contribution in [-0.2, 0) is 4.79 Å². The number of carbonyl (C=O) groups excluding carboxylic acids is 1. The van der Waals surface area contributed by atoms with Crippen LogP contribution in [0.15, 0.2) is 48.5 Å². The number of aromatic carboxylic acids is 1. The molecular formula is C16H15NO5. The van der Waals surface area contributed by atoms with Gasteiger partial charge in [-0.1, -0.05) is 18.2 Å². The van der Waals surface area contributed by atoms with Crippen LogP contribution in [0.2, 0.25) is 0 Å². The second-order valence-corrected chi connectivity index (χ2v) is 4.60. The number of hydrogen-bond acceptors (Lipinski definition) is 4. The zero-order valence-corrected chi connectivity index (χ0v) is 11.8. The molecule has 0 aliphatic heterocycles. The van der Waals surface area contributed by atoms with Gasteiger partial charge in [0.2, 0.25) is 0 Å². The summed E-state index contributed by atoms with van der Waals surface area (Å²) in [6, 6.07) is 12.5. The molecule has 6 nitrogen and oxygen atoms in total. The number of hydrogen-bond donors (Lipinski definition) is 3. The molecule has 0 heterocycles. The summed E-state index contributed by atoms with van der Waals surface area (Å²) in [5, 5.41) is 20.9. The quantitative estimate of drug-likeness (QED) is 0.737. The molecule has 0 fully saturated rings. The third kappa shape index (κ3) is 3.76. The molecule has 0 aromatic heterocycles. The number of phenolic OH excluding ortho intramolecular Hbond substituents is 1. The van der Waals surface area contributed by atoms with Crippen molar-refractivity contribution in [1.82, 2.24) is 0 Å². The van der Waals surface area contributed by atoms with Crippen molar-refractivity contribution in [1.29, 1.82) is 0 Å². The Morgan fingerprint density at radius 3 is 2.45 bits per heavy atom. The lowest BCUT2D eigenvalue weighted by atomic mass is 10.1. The molecule has 0 bridgehead atoms. The van der Waals surface area contributed by atoms with Crippen molar-refractivity contribution in [3.63, 3.8) is 0 Å². The highest BCUT2D eigenvalue weighted by molar-refractivity contribution is 6.02. The molecule has 0 saturated carbocycles. The minimum Gasteiger partial charge on any atom is -0.508 e. The molecule has 1 unspecified atom stereocenters. The van der Waals surface area contributed by atoms with Gasteiger partial charge in [-0.25, -0.2) is 4.79 Å². The van der Waals surface area contributed by atoms with E-state index in [1.807, 2.05) is 6.07 Å². The predicted molar refractivity (Wildman–Crippen MR) is 80.2 cm³/mol. The lowest BCUT2D eigenvalue weighted by Gasteiger charge is -2.15. The average molecular weight is 301 g/mol. The molecule has 0 aliphatic rings. The zero-order chi connectivity index (χ0) is 16.1. The molecule has 114 valence electrons. The van der Waals surface area contributed by atoms with Gasteiger partial charge in [0, 0.05) is 0 Å². The van der Waals surface area contributed by atoms with E-state index < -0.39 is 18.0 Å². The van der Waals surface area contributed by atoms with E-state index in [0.29, 0.717) is 5.75 Å². The maximum absolute atomic E-state index is 12.1. The Morgan fingerprint density at radius 2 is 1.82 bits per heavy atom. The van der Waals surface area contributed by atoms with Gasteiger partial charge in [0.05, 0.1) is 11.3 Å². The number of benzene rings is 2. The highest BCUT2D eigenvalue weighted by atomic mass is 16.5. The molecule has 2 rings (SSSR count). The highest BCUT2D eigenvalue weighted by Gasteiger charge is 2.18. The molecule has 3 N–H and O–H groups in total. The number of aromatic hydroxyl groups is 1. The topological polar surface area (TPSA) is 95.9 Å². The second-order valence-electron chi connectivity index (χ2n) is 4.60. The lowest BCUT2D eigenvalue weighted by Crippen LogP contribution is -2.30. The molecule has 0 aliphatic carbocycles. The summed E-state index contributed by atoms with van der Waals surface area (Å²) in [7, 11) is 0. The standard InChI is InChI=1S/C16H15NO5/c1-10(22-12-5-3-2-4-6-12)15(19)17-14-8-7-11(18)9-13(14)16(20)21/h2-10,18H,1H3,(H,17,19)(H,20,21). The van der Waals surface area contributed by atoms with Crippen LogP contribution in [0.4, 0.5) is 5.69 Å². The van der Waals surface area contributed by atoms with Crippen LogP contribution in [0.3, 0.4) is 0 Å². The fraction of sp³-hybridized carbons (Fsp3) is 0.125. The average Bonchev–Trinajstić information content (AvgIpc) is 2.49. The Labute approximate surface area is 127 Å². The summed E-state index contributed by atoms with van der Waals surface area (Å²) in [6.45, 7) is 1.56. The lowest BCUT2D eigenvalue weighted by molar-refractivity contribution is -0.122. The van der Waals surface area contributed by atoms with E-state index in [1.165, 1.54) is 12.1 Å². The summed E-state index contributed by atoms with van der Waals surface area (Å²) in [6.07, 6.45) is -0.808.